The lowest BCUT2D eigenvalue weighted by Gasteiger charge is -2.38. The van der Waals surface area contributed by atoms with Gasteiger partial charge in [-0.1, -0.05) is 25.1 Å². The standard InChI is InChI=1S/C17H26N2O/c1-13-9-14-5-3-4-6-17(14)19(10-13)11-16(18-2)15-7-8-20-12-15/h3-6,13,15-16,18H,7-12H2,1-2H3. The summed E-state index contributed by atoms with van der Waals surface area (Å²) in [6.45, 7) is 6.46. The van der Waals surface area contributed by atoms with E-state index >= 15 is 0 Å². The van der Waals surface area contributed by atoms with Crippen LogP contribution in [0.1, 0.15) is 18.9 Å². The fourth-order valence-electron chi connectivity index (χ4n) is 3.66. The van der Waals surface area contributed by atoms with Crippen molar-refractivity contribution in [2.75, 3.05) is 38.3 Å². The second-order valence-electron chi connectivity index (χ2n) is 6.36. The Morgan fingerprint density at radius 3 is 3.00 bits per heavy atom. The summed E-state index contributed by atoms with van der Waals surface area (Å²) in [6, 6.07) is 9.41. The molecule has 0 radical (unpaired) electrons. The molecule has 2 aliphatic heterocycles. The van der Waals surface area contributed by atoms with E-state index in [1.165, 1.54) is 30.6 Å². The highest BCUT2D eigenvalue weighted by molar-refractivity contribution is 5.55. The first-order valence-electron chi connectivity index (χ1n) is 7.85. The fourth-order valence-corrected chi connectivity index (χ4v) is 3.66. The van der Waals surface area contributed by atoms with Crippen LogP contribution in [0, 0.1) is 11.8 Å². The van der Waals surface area contributed by atoms with Gasteiger partial charge in [0.1, 0.15) is 0 Å². The third-order valence-corrected chi connectivity index (χ3v) is 4.75. The van der Waals surface area contributed by atoms with Crippen molar-refractivity contribution in [1.82, 2.24) is 5.32 Å². The molecule has 1 aromatic rings. The van der Waals surface area contributed by atoms with E-state index in [2.05, 4.69) is 48.5 Å². The maximum absolute atomic E-state index is 5.56. The molecular formula is C17H26N2O. The maximum Gasteiger partial charge on any atom is 0.0510 e. The average Bonchev–Trinajstić information content (AvgIpc) is 2.98. The van der Waals surface area contributed by atoms with E-state index in [0.29, 0.717) is 12.0 Å². The van der Waals surface area contributed by atoms with Crippen molar-refractivity contribution in [2.45, 2.75) is 25.8 Å². The average molecular weight is 274 g/mol. The molecule has 0 bridgehead atoms. The van der Waals surface area contributed by atoms with Crippen molar-refractivity contribution in [3.63, 3.8) is 0 Å². The molecule has 2 heterocycles. The number of para-hydroxylation sites is 1. The number of benzene rings is 1. The van der Waals surface area contributed by atoms with Gasteiger partial charge in [-0.15, -0.1) is 0 Å². The molecular weight excluding hydrogens is 248 g/mol. The molecule has 3 rings (SSSR count). The van der Waals surface area contributed by atoms with Crippen LogP contribution in [-0.4, -0.2) is 39.4 Å². The van der Waals surface area contributed by atoms with Crippen LogP contribution in [0.25, 0.3) is 0 Å². The molecule has 0 amide bonds. The van der Waals surface area contributed by atoms with Gasteiger partial charge in [-0.25, -0.2) is 0 Å². The molecule has 1 saturated heterocycles. The summed E-state index contributed by atoms with van der Waals surface area (Å²) < 4.78 is 5.56. The van der Waals surface area contributed by atoms with Crippen molar-refractivity contribution in [3.05, 3.63) is 29.8 Å². The van der Waals surface area contributed by atoms with Crippen LogP contribution < -0.4 is 10.2 Å². The van der Waals surface area contributed by atoms with Crippen LogP contribution in [0.15, 0.2) is 24.3 Å². The van der Waals surface area contributed by atoms with E-state index < -0.39 is 0 Å². The fraction of sp³-hybridized carbons (Fsp3) is 0.647. The van der Waals surface area contributed by atoms with Crippen molar-refractivity contribution in [3.8, 4) is 0 Å². The Bertz CT molecular complexity index is 442. The van der Waals surface area contributed by atoms with Crippen molar-refractivity contribution in [1.29, 1.82) is 0 Å². The number of nitrogens with zero attached hydrogens (tertiary/aromatic N) is 1. The van der Waals surface area contributed by atoms with Crippen LogP contribution in [0.4, 0.5) is 5.69 Å². The number of anilines is 1. The van der Waals surface area contributed by atoms with E-state index in [9.17, 15) is 0 Å². The maximum atomic E-state index is 5.56. The first kappa shape index (κ1) is 13.9. The van der Waals surface area contributed by atoms with Gasteiger partial charge in [0.25, 0.3) is 0 Å². The van der Waals surface area contributed by atoms with Gasteiger partial charge in [-0.2, -0.15) is 0 Å². The minimum atomic E-state index is 0.524. The zero-order valence-corrected chi connectivity index (χ0v) is 12.6. The molecule has 3 heteroatoms. The van der Waals surface area contributed by atoms with Gasteiger partial charge in [0.15, 0.2) is 0 Å². The third kappa shape index (κ3) is 2.84. The number of nitrogens with one attached hydrogen (secondary N) is 1. The molecule has 1 aromatic carbocycles. The summed E-state index contributed by atoms with van der Waals surface area (Å²) in [6.07, 6.45) is 2.40. The Balaban J connectivity index is 1.75. The molecule has 0 aromatic heterocycles. The molecule has 3 unspecified atom stereocenters. The second kappa shape index (κ2) is 6.15. The Morgan fingerprint density at radius 1 is 1.40 bits per heavy atom. The molecule has 2 aliphatic rings. The zero-order chi connectivity index (χ0) is 13.9. The third-order valence-electron chi connectivity index (χ3n) is 4.75. The van der Waals surface area contributed by atoms with E-state index in [4.69, 9.17) is 4.74 Å². The van der Waals surface area contributed by atoms with Crippen molar-refractivity contribution < 1.29 is 4.74 Å². The lowest BCUT2D eigenvalue weighted by atomic mass is 9.92. The van der Waals surface area contributed by atoms with E-state index in [1.807, 2.05) is 0 Å². The zero-order valence-electron chi connectivity index (χ0n) is 12.6. The predicted octanol–water partition coefficient (Wildman–Crippen LogP) is 2.31. The molecule has 3 atom stereocenters. The van der Waals surface area contributed by atoms with Crippen LogP contribution in [0.3, 0.4) is 0 Å². The molecule has 1 N–H and O–H groups in total. The summed E-state index contributed by atoms with van der Waals surface area (Å²) in [5, 5.41) is 3.52. The SMILES string of the molecule is CNC(CN1CC(C)Cc2ccccc21)C1CCOC1. The van der Waals surface area contributed by atoms with Gasteiger partial charge in [-0.3, -0.25) is 0 Å². The van der Waals surface area contributed by atoms with Gasteiger partial charge in [-0.05, 0) is 37.4 Å². The molecule has 20 heavy (non-hydrogen) atoms. The first-order valence-corrected chi connectivity index (χ1v) is 7.85. The normalized spacial score (nSPS) is 27.4. The second-order valence-corrected chi connectivity index (χ2v) is 6.36. The summed E-state index contributed by atoms with van der Waals surface area (Å²) in [7, 11) is 2.09. The van der Waals surface area contributed by atoms with Gasteiger partial charge in [0, 0.05) is 37.3 Å². The molecule has 110 valence electrons. The van der Waals surface area contributed by atoms with Crippen molar-refractivity contribution >= 4 is 5.69 Å². The van der Waals surface area contributed by atoms with Gasteiger partial charge < -0.3 is 15.0 Å². The molecule has 0 spiro atoms. The number of ether oxygens (including phenoxy) is 1. The van der Waals surface area contributed by atoms with E-state index in [0.717, 1.165) is 25.7 Å². The topological polar surface area (TPSA) is 24.5 Å². The first-order chi connectivity index (χ1) is 9.78. The van der Waals surface area contributed by atoms with Gasteiger partial charge >= 0.3 is 0 Å². The predicted molar refractivity (Wildman–Crippen MR) is 83.3 cm³/mol. The quantitative estimate of drug-likeness (QED) is 0.912. The van der Waals surface area contributed by atoms with E-state index in [-0.39, 0.29) is 0 Å². The van der Waals surface area contributed by atoms with Gasteiger partial charge in [0.2, 0.25) is 0 Å². The summed E-state index contributed by atoms with van der Waals surface area (Å²) in [5.41, 5.74) is 2.94. The summed E-state index contributed by atoms with van der Waals surface area (Å²) in [5.74, 6) is 1.40. The largest absolute Gasteiger partial charge is 0.381 e. The number of rotatable bonds is 4. The summed E-state index contributed by atoms with van der Waals surface area (Å²) >= 11 is 0. The lowest BCUT2D eigenvalue weighted by molar-refractivity contribution is 0.178. The monoisotopic (exact) mass is 274 g/mol. The molecule has 3 nitrogen and oxygen atoms in total. The summed E-state index contributed by atoms with van der Waals surface area (Å²) in [4.78, 5) is 2.57. The number of fused-ring (bicyclic) bond motifs is 1. The Hall–Kier alpha value is -1.06. The Labute approximate surface area is 122 Å². The van der Waals surface area contributed by atoms with Crippen LogP contribution >= 0.6 is 0 Å². The smallest absolute Gasteiger partial charge is 0.0510 e. The Morgan fingerprint density at radius 2 is 2.25 bits per heavy atom. The van der Waals surface area contributed by atoms with Crippen LogP contribution in [0.2, 0.25) is 0 Å². The molecule has 1 fully saturated rings. The number of hydrogen-bond donors (Lipinski definition) is 1. The molecule has 0 aliphatic carbocycles. The van der Waals surface area contributed by atoms with Crippen LogP contribution in [0.5, 0.6) is 0 Å². The number of hydrogen-bond acceptors (Lipinski definition) is 3. The van der Waals surface area contributed by atoms with Crippen LogP contribution in [-0.2, 0) is 11.2 Å². The van der Waals surface area contributed by atoms with Crippen molar-refractivity contribution in [2.24, 2.45) is 11.8 Å². The minimum Gasteiger partial charge on any atom is -0.381 e. The minimum absolute atomic E-state index is 0.524. The highest BCUT2D eigenvalue weighted by Gasteiger charge is 2.29. The highest BCUT2D eigenvalue weighted by atomic mass is 16.5. The Kier molecular flexibility index (Phi) is 4.27. The lowest BCUT2D eigenvalue weighted by Crippen LogP contribution is -2.47. The number of likely N-dealkylation sites (N-methyl/N-ethyl adjacent to an activating group) is 1. The van der Waals surface area contributed by atoms with Gasteiger partial charge in [0.05, 0.1) is 6.61 Å². The highest BCUT2D eigenvalue weighted by Crippen LogP contribution is 2.30. The molecule has 0 saturated carbocycles. The van der Waals surface area contributed by atoms with E-state index in [1.54, 1.807) is 0 Å².